The molecule has 46 heavy (non-hydrogen) atoms. The highest BCUT2D eigenvalue weighted by Crippen LogP contribution is 2.32. The Hall–Kier alpha value is -2.56. The van der Waals surface area contributed by atoms with Crippen molar-refractivity contribution in [2.24, 2.45) is 0 Å². The van der Waals surface area contributed by atoms with E-state index in [1.807, 2.05) is 0 Å². The smallest absolute Gasteiger partial charge is 0.329 e. The van der Waals surface area contributed by atoms with Gasteiger partial charge in [0, 0.05) is 36.7 Å². The largest absolute Gasteiger partial charge is 0.494 e. The Kier molecular flexibility index (Phi) is 25.8. The van der Waals surface area contributed by atoms with Crippen molar-refractivity contribution in [3.8, 4) is 5.75 Å². The first-order valence-electron chi connectivity index (χ1n) is 16.8. The van der Waals surface area contributed by atoms with Crippen molar-refractivity contribution in [1.82, 2.24) is 5.32 Å². The second-order valence-electron chi connectivity index (χ2n) is 11.2. The fourth-order valence-corrected chi connectivity index (χ4v) is 5.03. The molecule has 2 atom stereocenters. The van der Waals surface area contributed by atoms with Gasteiger partial charge in [0.1, 0.15) is 18.5 Å². The molecule has 1 amide bonds. The van der Waals surface area contributed by atoms with E-state index in [2.05, 4.69) is 24.4 Å². The van der Waals surface area contributed by atoms with Gasteiger partial charge in [0.15, 0.2) is 6.29 Å². The predicted molar refractivity (Wildman–Crippen MR) is 181 cm³/mol. The number of aliphatic hydroxyl groups excluding tert-OH is 1. The fraction of sp³-hybridized carbons (Fsp3) is 0.676. The molecule has 0 fully saturated rings. The molecule has 1 unspecified atom stereocenters. The zero-order chi connectivity index (χ0) is 33.7. The summed E-state index contributed by atoms with van der Waals surface area (Å²) in [6.07, 6.45) is 20.6. The quantitative estimate of drug-likeness (QED) is 0.0176. The number of aliphatic hydroxyl groups is 1. The third-order valence-corrected chi connectivity index (χ3v) is 7.86. The zero-order valence-electron chi connectivity index (χ0n) is 27.7. The fourth-order valence-electron chi connectivity index (χ4n) is 4.41. The first kappa shape index (κ1) is 41.5. The second kappa shape index (κ2) is 28.6. The van der Waals surface area contributed by atoms with Crippen molar-refractivity contribution in [2.45, 2.75) is 116 Å². The minimum Gasteiger partial charge on any atom is -0.494 e. The first-order chi connectivity index (χ1) is 22.3. The number of carbonyl (C=O) groups is 3. The maximum atomic E-state index is 11.9. The molecule has 11 nitrogen and oxygen atoms in total. The number of nitrogens with one attached hydrogen (secondary N) is 1. The lowest BCUT2D eigenvalue weighted by Gasteiger charge is -2.15. The van der Waals surface area contributed by atoms with E-state index in [0.29, 0.717) is 42.7 Å². The summed E-state index contributed by atoms with van der Waals surface area (Å²) in [6.45, 7) is 2.27. The van der Waals surface area contributed by atoms with Crippen molar-refractivity contribution in [1.29, 1.82) is 0 Å². The molecule has 1 aromatic rings. The molecule has 0 aromatic heterocycles. The van der Waals surface area contributed by atoms with Gasteiger partial charge in [-0.2, -0.15) is 0 Å². The van der Waals surface area contributed by atoms with Gasteiger partial charge in [-0.15, -0.1) is 0 Å². The van der Waals surface area contributed by atoms with Crippen LogP contribution in [-0.4, -0.2) is 67.2 Å². The van der Waals surface area contributed by atoms with Gasteiger partial charge in [-0.1, -0.05) is 70.4 Å². The van der Waals surface area contributed by atoms with E-state index in [1.165, 1.54) is 51.4 Å². The topological polar surface area (TPSA) is 167 Å². The van der Waals surface area contributed by atoms with Gasteiger partial charge >= 0.3 is 14.6 Å². The Bertz CT molecular complexity index is 980. The molecule has 0 spiro atoms. The molecule has 0 bridgehead atoms. The molecule has 0 radical (unpaired) electrons. The molecule has 1 aromatic carbocycles. The van der Waals surface area contributed by atoms with E-state index in [9.17, 15) is 24.4 Å². The lowest BCUT2D eigenvalue weighted by molar-refractivity contribution is -0.147. The number of hydrogen-bond acceptors (Lipinski definition) is 10. The van der Waals surface area contributed by atoms with Gasteiger partial charge in [-0.05, 0) is 50.7 Å². The van der Waals surface area contributed by atoms with Gasteiger partial charge < -0.3 is 39.6 Å². The Labute approximate surface area is 276 Å². The number of rotatable bonds is 30. The number of allylic oxidation sites excluding steroid dienone is 2. The van der Waals surface area contributed by atoms with E-state index in [-0.39, 0.29) is 44.7 Å². The highest BCUT2D eigenvalue weighted by atomic mass is 31.2. The Morgan fingerprint density at radius 2 is 1.57 bits per heavy atom. The van der Waals surface area contributed by atoms with Gasteiger partial charge in [0.05, 0.1) is 19.8 Å². The zero-order valence-corrected chi connectivity index (χ0v) is 28.6. The van der Waals surface area contributed by atoms with E-state index in [4.69, 9.17) is 24.3 Å². The van der Waals surface area contributed by atoms with Crippen molar-refractivity contribution in [2.75, 3.05) is 38.7 Å². The van der Waals surface area contributed by atoms with Gasteiger partial charge in [0.25, 0.3) is 0 Å². The monoisotopic (exact) mass is 668 g/mol. The SMILES string of the molecule is CCCCCCCC/C=C\CCCCCCCC(=O)OC[C@H](O)COP(O)OCCNC(=O)CCCOc1ccc(C=O)c(N)c1. The minimum atomic E-state index is -2.25. The maximum Gasteiger partial charge on any atom is 0.329 e. The van der Waals surface area contributed by atoms with Crippen LogP contribution in [0.1, 0.15) is 120 Å². The number of esters is 1. The van der Waals surface area contributed by atoms with Crippen molar-refractivity contribution in [3.05, 3.63) is 35.9 Å². The summed E-state index contributed by atoms with van der Waals surface area (Å²) < 4.78 is 20.8. The van der Waals surface area contributed by atoms with Crippen LogP contribution in [0.25, 0.3) is 0 Å². The van der Waals surface area contributed by atoms with Crippen LogP contribution in [0.4, 0.5) is 5.69 Å². The average Bonchev–Trinajstić information content (AvgIpc) is 3.05. The van der Waals surface area contributed by atoms with Crippen LogP contribution in [0.2, 0.25) is 0 Å². The second-order valence-corrected chi connectivity index (χ2v) is 12.2. The molecule has 0 aliphatic heterocycles. The summed E-state index contributed by atoms with van der Waals surface area (Å²) in [5.74, 6) is -0.0464. The molecule has 5 N–H and O–H groups in total. The first-order valence-corrected chi connectivity index (χ1v) is 18.0. The van der Waals surface area contributed by atoms with Gasteiger partial charge in [0.2, 0.25) is 5.91 Å². The summed E-state index contributed by atoms with van der Waals surface area (Å²) in [6, 6.07) is 4.77. The van der Waals surface area contributed by atoms with Crippen molar-refractivity contribution >= 4 is 32.5 Å². The summed E-state index contributed by atoms with van der Waals surface area (Å²) in [5, 5.41) is 12.6. The number of amides is 1. The molecular weight excluding hydrogens is 611 g/mol. The molecule has 1 rings (SSSR count). The molecule has 0 saturated heterocycles. The van der Waals surface area contributed by atoms with Crippen LogP contribution >= 0.6 is 8.60 Å². The number of nitrogens with two attached hydrogens (primary N) is 1. The van der Waals surface area contributed by atoms with Gasteiger partial charge in [-0.3, -0.25) is 14.4 Å². The summed E-state index contributed by atoms with van der Waals surface area (Å²) >= 11 is 0. The lowest BCUT2D eigenvalue weighted by Crippen LogP contribution is -2.27. The summed E-state index contributed by atoms with van der Waals surface area (Å²) in [4.78, 5) is 44.5. The predicted octanol–water partition coefficient (Wildman–Crippen LogP) is 6.55. The molecule has 0 aliphatic rings. The summed E-state index contributed by atoms with van der Waals surface area (Å²) in [5.41, 5.74) is 6.46. The number of hydrogen-bond donors (Lipinski definition) is 4. The highest BCUT2D eigenvalue weighted by molar-refractivity contribution is 7.40. The molecule has 0 heterocycles. The van der Waals surface area contributed by atoms with Crippen LogP contribution in [0.15, 0.2) is 30.4 Å². The average molecular weight is 669 g/mol. The van der Waals surface area contributed by atoms with E-state index < -0.39 is 14.7 Å². The van der Waals surface area contributed by atoms with Crippen LogP contribution in [-0.2, 0) is 23.4 Å². The van der Waals surface area contributed by atoms with Gasteiger partial charge in [-0.25, -0.2) is 0 Å². The third-order valence-electron chi connectivity index (χ3n) is 7.08. The van der Waals surface area contributed by atoms with Crippen LogP contribution in [0, 0.1) is 0 Å². The highest BCUT2D eigenvalue weighted by Gasteiger charge is 2.14. The molecule has 12 heteroatoms. The van der Waals surface area contributed by atoms with Crippen LogP contribution in [0.5, 0.6) is 5.75 Å². The third kappa shape index (κ3) is 23.7. The molecule has 0 aliphatic carbocycles. The number of unbranched alkanes of at least 4 members (excludes halogenated alkanes) is 11. The van der Waals surface area contributed by atoms with Crippen LogP contribution < -0.4 is 15.8 Å². The normalized spacial score (nSPS) is 12.6. The Morgan fingerprint density at radius 3 is 2.24 bits per heavy atom. The van der Waals surface area contributed by atoms with E-state index >= 15 is 0 Å². The number of ether oxygens (including phenoxy) is 2. The lowest BCUT2D eigenvalue weighted by atomic mass is 10.1. The van der Waals surface area contributed by atoms with Crippen LogP contribution in [0.3, 0.4) is 0 Å². The number of anilines is 1. The number of aldehydes is 1. The van der Waals surface area contributed by atoms with E-state index in [1.54, 1.807) is 18.2 Å². The molecule has 262 valence electrons. The van der Waals surface area contributed by atoms with Crippen molar-refractivity contribution < 1.29 is 42.9 Å². The Balaban J connectivity index is 1.92. The van der Waals surface area contributed by atoms with E-state index in [0.717, 1.165) is 32.1 Å². The Morgan fingerprint density at radius 1 is 0.891 bits per heavy atom. The number of nitrogen functional groups attached to an aromatic ring is 1. The number of carbonyl (C=O) groups excluding carboxylic acids is 3. The molecule has 0 saturated carbocycles. The minimum absolute atomic E-state index is 0.0217. The maximum absolute atomic E-state index is 11.9. The summed E-state index contributed by atoms with van der Waals surface area (Å²) in [7, 11) is -2.25. The molecular formula is C34H57N2O9P. The number of benzene rings is 1. The standard InChI is InChI=1S/C34H57N2O9P/c1-2-3-4-5-6-7-8-9-10-11-12-13-14-15-16-19-34(40)43-27-30(38)28-45-46(41)44-24-22-36-33(39)18-17-23-42-31-21-20-29(26-37)32(35)25-31/h9-10,20-21,25-26,30,38,41H,2-8,11-19,22-24,27-28,35H2,1H3,(H,36,39)/b10-9-/t30-,46?/m0/s1. The van der Waals surface area contributed by atoms with Crippen molar-refractivity contribution in [3.63, 3.8) is 0 Å².